The number of ether oxygens (including phenoxy) is 1. The van der Waals surface area contributed by atoms with Crippen LogP contribution in [0, 0.1) is 11.3 Å². The summed E-state index contributed by atoms with van der Waals surface area (Å²) in [4.78, 5) is 0. The molecule has 0 unspecified atom stereocenters. The zero-order valence-electron chi connectivity index (χ0n) is 6.73. The van der Waals surface area contributed by atoms with Crippen LogP contribution >= 0.6 is 0 Å². The Bertz CT molecular complexity index is 119. The van der Waals surface area contributed by atoms with Gasteiger partial charge in [0.05, 0.1) is 0 Å². The van der Waals surface area contributed by atoms with E-state index in [2.05, 4.69) is 0 Å². The van der Waals surface area contributed by atoms with Crippen LogP contribution in [-0.2, 0) is 4.74 Å². The van der Waals surface area contributed by atoms with E-state index in [0.29, 0.717) is 0 Å². The smallest absolute Gasteiger partial charge is 0.0490 e. The summed E-state index contributed by atoms with van der Waals surface area (Å²) in [5.41, 5.74) is 0.837. The molecule has 0 saturated heterocycles. The molecule has 0 aromatic rings. The predicted octanol–water partition coefficient (Wildman–Crippen LogP) is 2.21. The van der Waals surface area contributed by atoms with Crippen LogP contribution in [-0.4, -0.2) is 13.7 Å². The van der Waals surface area contributed by atoms with Gasteiger partial charge in [-0.1, -0.05) is 6.42 Å². The molecule has 0 radical (unpaired) electrons. The Labute approximate surface area is 62.8 Å². The summed E-state index contributed by atoms with van der Waals surface area (Å²) in [6.07, 6.45) is 7.42. The number of hydrogen-bond donors (Lipinski definition) is 0. The summed E-state index contributed by atoms with van der Waals surface area (Å²) in [6.45, 7) is 1.00. The van der Waals surface area contributed by atoms with Crippen LogP contribution in [0.1, 0.15) is 32.1 Å². The first-order valence-electron chi connectivity index (χ1n) is 4.34. The summed E-state index contributed by atoms with van der Waals surface area (Å²) in [5.74, 6) is 0.908. The monoisotopic (exact) mass is 140 g/mol. The summed E-state index contributed by atoms with van der Waals surface area (Å²) in [7, 11) is 1.81. The Morgan fingerprint density at radius 3 is 2.50 bits per heavy atom. The molecule has 2 saturated carbocycles. The van der Waals surface area contributed by atoms with Gasteiger partial charge in [0.2, 0.25) is 0 Å². The zero-order chi connectivity index (χ0) is 7.03. The first-order valence-corrected chi connectivity index (χ1v) is 4.34. The van der Waals surface area contributed by atoms with Gasteiger partial charge in [0, 0.05) is 13.7 Å². The van der Waals surface area contributed by atoms with E-state index >= 15 is 0 Å². The van der Waals surface area contributed by atoms with Crippen LogP contribution in [0.3, 0.4) is 0 Å². The molecule has 0 aromatic carbocycles. The fourth-order valence-electron chi connectivity index (χ4n) is 2.60. The molecule has 0 aromatic heterocycles. The summed E-state index contributed by atoms with van der Waals surface area (Å²) in [6, 6.07) is 0. The molecule has 2 aliphatic rings. The first kappa shape index (κ1) is 6.66. The number of hydrogen-bond acceptors (Lipinski definition) is 1. The van der Waals surface area contributed by atoms with Gasteiger partial charge in [0.25, 0.3) is 0 Å². The van der Waals surface area contributed by atoms with Crippen LogP contribution < -0.4 is 0 Å². The normalized spacial score (nSPS) is 29.7. The standard InChI is InChI=1S/C9H16O/c1-10-7-8-5-9(6-8)3-2-4-9/h8H,2-7H2,1H3. The second kappa shape index (κ2) is 2.23. The molecule has 58 valence electrons. The molecule has 2 aliphatic carbocycles. The largest absolute Gasteiger partial charge is 0.384 e. The van der Waals surface area contributed by atoms with Crippen molar-refractivity contribution in [2.45, 2.75) is 32.1 Å². The molecule has 0 heterocycles. The maximum Gasteiger partial charge on any atom is 0.0490 e. The Hall–Kier alpha value is -0.0400. The average Bonchev–Trinajstić information content (AvgIpc) is 1.72. The third kappa shape index (κ3) is 0.878. The van der Waals surface area contributed by atoms with Gasteiger partial charge in [-0.3, -0.25) is 0 Å². The van der Waals surface area contributed by atoms with Crippen molar-refractivity contribution in [3.63, 3.8) is 0 Å². The van der Waals surface area contributed by atoms with Gasteiger partial charge in [0.1, 0.15) is 0 Å². The van der Waals surface area contributed by atoms with Crippen LogP contribution in [0.4, 0.5) is 0 Å². The molecule has 0 aliphatic heterocycles. The van der Waals surface area contributed by atoms with Crippen molar-refractivity contribution in [3.8, 4) is 0 Å². The molecule has 0 amide bonds. The third-order valence-electron chi connectivity index (χ3n) is 3.26. The van der Waals surface area contributed by atoms with Gasteiger partial charge in [-0.2, -0.15) is 0 Å². The minimum Gasteiger partial charge on any atom is -0.384 e. The fraction of sp³-hybridized carbons (Fsp3) is 1.00. The average molecular weight is 140 g/mol. The summed E-state index contributed by atoms with van der Waals surface area (Å²) >= 11 is 0. The highest BCUT2D eigenvalue weighted by atomic mass is 16.5. The highest BCUT2D eigenvalue weighted by molar-refractivity contribution is 4.98. The molecule has 1 spiro atoms. The van der Waals surface area contributed by atoms with E-state index in [9.17, 15) is 0 Å². The van der Waals surface area contributed by atoms with Gasteiger partial charge >= 0.3 is 0 Å². The van der Waals surface area contributed by atoms with Crippen molar-refractivity contribution in [1.29, 1.82) is 0 Å². The second-order valence-electron chi connectivity index (χ2n) is 4.08. The number of rotatable bonds is 2. The molecule has 1 heteroatoms. The van der Waals surface area contributed by atoms with Crippen molar-refractivity contribution in [3.05, 3.63) is 0 Å². The van der Waals surface area contributed by atoms with Crippen molar-refractivity contribution in [2.75, 3.05) is 13.7 Å². The lowest BCUT2D eigenvalue weighted by Gasteiger charge is -2.54. The van der Waals surface area contributed by atoms with Gasteiger partial charge in [-0.15, -0.1) is 0 Å². The zero-order valence-corrected chi connectivity index (χ0v) is 6.73. The van der Waals surface area contributed by atoms with E-state index in [4.69, 9.17) is 4.74 Å². The molecular formula is C9H16O. The summed E-state index contributed by atoms with van der Waals surface area (Å²) < 4.78 is 5.11. The Kier molecular flexibility index (Phi) is 1.48. The first-order chi connectivity index (χ1) is 4.85. The lowest BCUT2D eigenvalue weighted by Crippen LogP contribution is -2.44. The highest BCUT2D eigenvalue weighted by Gasteiger charge is 2.47. The molecular weight excluding hydrogens is 124 g/mol. The van der Waals surface area contributed by atoms with Crippen molar-refractivity contribution >= 4 is 0 Å². The maximum atomic E-state index is 5.11. The summed E-state index contributed by atoms with van der Waals surface area (Å²) in [5, 5.41) is 0. The van der Waals surface area contributed by atoms with Crippen LogP contribution in [0.15, 0.2) is 0 Å². The van der Waals surface area contributed by atoms with Crippen LogP contribution in [0.5, 0.6) is 0 Å². The minimum absolute atomic E-state index is 0.837. The lowest BCUT2D eigenvalue weighted by atomic mass is 9.52. The van der Waals surface area contributed by atoms with E-state index in [0.717, 1.165) is 17.9 Å². The molecule has 2 rings (SSSR count). The minimum atomic E-state index is 0.837. The van der Waals surface area contributed by atoms with Gasteiger partial charge < -0.3 is 4.74 Å². The molecule has 2 fully saturated rings. The third-order valence-corrected chi connectivity index (χ3v) is 3.26. The molecule has 0 atom stereocenters. The van der Waals surface area contributed by atoms with Gasteiger partial charge in [-0.05, 0) is 37.0 Å². The molecule has 1 nitrogen and oxygen atoms in total. The second-order valence-corrected chi connectivity index (χ2v) is 4.08. The lowest BCUT2D eigenvalue weighted by molar-refractivity contribution is -0.0536. The maximum absolute atomic E-state index is 5.11. The van der Waals surface area contributed by atoms with Crippen molar-refractivity contribution in [2.24, 2.45) is 11.3 Å². The predicted molar refractivity (Wildman–Crippen MR) is 40.9 cm³/mol. The number of methoxy groups -OCH3 is 1. The van der Waals surface area contributed by atoms with E-state index in [1.54, 1.807) is 0 Å². The van der Waals surface area contributed by atoms with Crippen LogP contribution in [0.25, 0.3) is 0 Å². The van der Waals surface area contributed by atoms with Gasteiger partial charge in [0.15, 0.2) is 0 Å². The topological polar surface area (TPSA) is 9.23 Å². The van der Waals surface area contributed by atoms with Crippen molar-refractivity contribution < 1.29 is 4.74 Å². The van der Waals surface area contributed by atoms with E-state index in [1.807, 2.05) is 7.11 Å². The molecule has 0 bridgehead atoms. The quantitative estimate of drug-likeness (QED) is 0.571. The van der Waals surface area contributed by atoms with Crippen LogP contribution in [0.2, 0.25) is 0 Å². The highest BCUT2D eigenvalue weighted by Crippen LogP contribution is 2.58. The Morgan fingerprint density at radius 2 is 2.10 bits per heavy atom. The van der Waals surface area contributed by atoms with Crippen molar-refractivity contribution in [1.82, 2.24) is 0 Å². The SMILES string of the molecule is COCC1CC2(CCC2)C1. The Morgan fingerprint density at radius 1 is 1.40 bits per heavy atom. The van der Waals surface area contributed by atoms with E-state index < -0.39 is 0 Å². The fourth-order valence-corrected chi connectivity index (χ4v) is 2.60. The molecule has 10 heavy (non-hydrogen) atoms. The van der Waals surface area contributed by atoms with E-state index in [-0.39, 0.29) is 0 Å². The Balaban J connectivity index is 1.72. The van der Waals surface area contributed by atoms with E-state index in [1.165, 1.54) is 32.1 Å². The van der Waals surface area contributed by atoms with Gasteiger partial charge in [-0.25, -0.2) is 0 Å². The molecule has 0 N–H and O–H groups in total.